The molecule has 0 amide bonds. The van der Waals surface area contributed by atoms with E-state index in [2.05, 4.69) is 0 Å². The number of halogens is 2. The summed E-state index contributed by atoms with van der Waals surface area (Å²) >= 11 is 5.86. The molecule has 0 spiro atoms. The third-order valence-electron chi connectivity index (χ3n) is 2.98. The molecule has 1 unspecified atom stereocenters. The zero-order chi connectivity index (χ0) is 15.2. The van der Waals surface area contributed by atoms with Crippen LogP contribution in [0.25, 0.3) is 0 Å². The zero-order valence-electron chi connectivity index (χ0n) is 11.4. The highest BCUT2D eigenvalue weighted by molar-refractivity contribution is 6.30. The van der Waals surface area contributed by atoms with Crippen molar-refractivity contribution in [2.24, 2.45) is 0 Å². The molecule has 110 valence electrons. The first-order chi connectivity index (χ1) is 10.1. The molecule has 0 saturated carbocycles. The van der Waals surface area contributed by atoms with E-state index in [1.165, 1.54) is 19.2 Å². The van der Waals surface area contributed by atoms with Crippen molar-refractivity contribution >= 4 is 17.6 Å². The van der Waals surface area contributed by atoms with Crippen molar-refractivity contribution in [1.82, 2.24) is 0 Å². The lowest BCUT2D eigenvalue weighted by molar-refractivity contribution is -0.143. The molecule has 0 aromatic heterocycles. The number of esters is 1. The number of hydrogen-bond donors (Lipinski definition) is 0. The predicted octanol–water partition coefficient (Wildman–Crippen LogP) is 3.81. The molecule has 0 aliphatic rings. The molecule has 0 fully saturated rings. The lowest BCUT2D eigenvalue weighted by Gasteiger charge is -2.16. The summed E-state index contributed by atoms with van der Waals surface area (Å²) < 4.78 is 24.1. The van der Waals surface area contributed by atoms with Crippen LogP contribution in [0.3, 0.4) is 0 Å². The minimum atomic E-state index is -0.838. The Morgan fingerprint density at radius 3 is 2.67 bits per heavy atom. The Kier molecular flexibility index (Phi) is 5.17. The van der Waals surface area contributed by atoms with Gasteiger partial charge in [0.05, 0.1) is 7.11 Å². The number of carbonyl (C=O) groups is 1. The Hall–Kier alpha value is -2.07. The summed E-state index contributed by atoms with van der Waals surface area (Å²) in [6, 6.07) is 12.8. The first kappa shape index (κ1) is 15.3. The molecule has 0 radical (unpaired) electrons. The smallest absolute Gasteiger partial charge is 0.316 e. The fraction of sp³-hybridized carbons (Fsp3) is 0.188. The molecule has 5 heteroatoms. The van der Waals surface area contributed by atoms with Gasteiger partial charge in [0.25, 0.3) is 0 Å². The summed E-state index contributed by atoms with van der Waals surface area (Å²) in [5, 5.41) is 0.521. The first-order valence-electron chi connectivity index (χ1n) is 6.32. The second kappa shape index (κ2) is 7.09. The Morgan fingerprint density at radius 1 is 1.24 bits per heavy atom. The molecule has 3 nitrogen and oxygen atoms in total. The van der Waals surface area contributed by atoms with Gasteiger partial charge in [-0.05, 0) is 24.3 Å². The molecule has 0 bridgehead atoms. The lowest BCUT2D eigenvalue weighted by Crippen LogP contribution is -2.22. The van der Waals surface area contributed by atoms with Crippen LogP contribution in [0.1, 0.15) is 11.5 Å². The zero-order valence-corrected chi connectivity index (χ0v) is 12.1. The van der Waals surface area contributed by atoms with Crippen molar-refractivity contribution in [1.29, 1.82) is 0 Å². The Labute approximate surface area is 127 Å². The van der Waals surface area contributed by atoms with Gasteiger partial charge < -0.3 is 9.47 Å². The third-order valence-corrected chi connectivity index (χ3v) is 3.21. The minimum Gasteiger partial charge on any atom is -0.492 e. The molecule has 21 heavy (non-hydrogen) atoms. The van der Waals surface area contributed by atoms with Crippen LogP contribution in [-0.2, 0) is 9.53 Å². The van der Waals surface area contributed by atoms with E-state index in [-0.39, 0.29) is 12.2 Å². The van der Waals surface area contributed by atoms with E-state index < -0.39 is 17.7 Å². The van der Waals surface area contributed by atoms with Crippen LogP contribution in [0, 0.1) is 5.82 Å². The number of benzene rings is 2. The molecule has 0 N–H and O–H groups in total. The summed E-state index contributed by atoms with van der Waals surface area (Å²) in [7, 11) is 1.26. The number of carbonyl (C=O) groups excluding carboxylic acids is 1. The highest BCUT2D eigenvalue weighted by Gasteiger charge is 2.25. The topological polar surface area (TPSA) is 35.5 Å². The van der Waals surface area contributed by atoms with Gasteiger partial charge in [-0.25, -0.2) is 4.39 Å². The van der Waals surface area contributed by atoms with Gasteiger partial charge >= 0.3 is 5.97 Å². The van der Waals surface area contributed by atoms with E-state index in [9.17, 15) is 9.18 Å². The molecule has 0 heterocycles. The van der Waals surface area contributed by atoms with Gasteiger partial charge in [-0.2, -0.15) is 0 Å². The van der Waals surface area contributed by atoms with Crippen molar-refractivity contribution in [3.8, 4) is 5.75 Å². The van der Waals surface area contributed by atoms with E-state index in [4.69, 9.17) is 21.1 Å². The Morgan fingerprint density at radius 2 is 2.00 bits per heavy atom. The van der Waals surface area contributed by atoms with E-state index in [1.807, 2.05) is 0 Å². The molecule has 2 aromatic rings. The van der Waals surface area contributed by atoms with Crippen molar-refractivity contribution in [3.63, 3.8) is 0 Å². The van der Waals surface area contributed by atoms with Crippen LogP contribution >= 0.6 is 11.6 Å². The second-order valence-electron chi connectivity index (χ2n) is 4.37. The van der Waals surface area contributed by atoms with E-state index in [0.29, 0.717) is 10.8 Å². The highest BCUT2D eigenvalue weighted by Crippen LogP contribution is 2.23. The summed E-state index contributed by atoms with van der Waals surface area (Å²) in [5.41, 5.74) is 0.242. The van der Waals surface area contributed by atoms with E-state index in [1.54, 1.807) is 36.4 Å². The summed E-state index contributed by atoms with van der Waals surface area (Å²) in [5.74, 6) is -1.35. The van der Waals surface area contributed by atoms with Gasteiger partial charge in [-0.15, -0.1) is 0 Å². The Bertz CT molecular complexity index is 630. The van der Waals surface area contributed by atoms with Crippen molar-refractivity contribution < 1.29 is 18.7 Å². The molecule has 2 rings (SSSR count). The monoisotopic (exact) mass is 308 g/mol. The van der Waals surface area contributed by atoms with Crippen molar-refractivity contribution in [2.45, 2.75) is 5.92 Å². The van der Waals surface area contributed by atoms with Crippen LogP contribution in [0.4, 0.5) is 4.39 Å². The van der Waals surface area contributed by atoms with Crippen LogP contribution in [0.15, 0.2) is 48.5 Å². The average Bonchev–Trinajstić information content (AvgIpc) is 2.49. The number of ether oxygens (including phenoxy) is 2. The number of rotatable bonds is 5. The maximum Gasteiger partial charge on any atom is 0.316 e. The number of hydrogen-bond acceptors (Lipinski definition) is 3. The first-order valence-corrected chi connectivity index (χ1v) is 6.70. The summed E-state index contributed by atoms with van der Waals surface area (Å²) in [6.45, 7) is -0.0338. The largest absolute Gasteiger partial charge is 0.492 e. The molecule has 0 aliphatic carbocycles. The maximum atomic E-state index is 13.8. The van der Waals surface area contributed by atoms with Crippen molar-refractivity contribution in [2.75, 3.05) is 13.7 Å². The molecule has 0 saturated heterocycles. The van der Waals surface area contributed by atoms with Gasteiger partial charge in [0.15, 0.2) is 0 Å². The van der Waals surface area contributed by atoms with Crippen LogP contribution < -0.4 is 4.74 Å². The Balaban J connectivity index is 2.18. The molecule has 1 atom stereocenters. The minimum absolute atomic E-state index is 0.0338. The molecular formula is C16H14ClFO3. The normalized spacial score (nSPS) is 11.8. The maximum absolute atomic E-state index is 13.8. The molecule has 2 aromatic carbocycles. The van der Waals surface area contributed by atoms with Gasteiger partial charge in [0.2, 0.25) is 0 Å². The lowest BCUT2D eigenvalue weighted by atomic mass is 9.99. The third kappa shape index (κ3) is 3.95. The van der Waals surface area contributed by atoms with Gasteiger partial charge in [-0.3, -0.25) is 4.79 Å². The van der Waals surface area contributed by atoms with Gasteiger partial charge in [0.1, 0.15) is 24.1 Å². The van der Waals surface area contributed by atoms with Gasteiger partial charge in [-0.1, -0.05) is 35.9 Å². The summed E-state index contributed by atoms with van der Waals surface area (Å²) in [6.07, 6.45) is 0. The van der Waals surface area contributed by atoms with Crippen LogP contribution in [0.2, 0.25) is 5.02 Å². The highest BCUT2D eigenvalue weighted by atomic mass is 35.5. The van der Waals surface area contributed by atoms with E-state index >= 15 is 0 Å². The van der Waals surface area contributed by atoms with Crippen LogP contribution in [-0.4, -0.2) is 19.7 Å². The van der Waals surface area contributed by atoms with Crippen LogP contribution in [0.5, 0.6) is 5.75 Å². The summed E-state index contributed by atoms with van der Waals surface area (Å²) in [4.78, 5) is 11.9. The second-order valence-corrected chi connectivity index (χ2v) is 4.80. The molecule has 0 aliphatic heterocycles. The average molecular weight is 309 g/mol. The predicted molar refractivity (Wildman–Crippen MR) is 78.1 cm³/mol. The number of methoxy groups -OCH3 is 1. The SMILES string of the molecule is COC(=O)C(COc1cccc(Cl)c1)c1ccccc1F. The van der Waals surface area contributed by atoms with Crippen molar-refractivity contribution in [3.05, 3.63) is 64.9 Å². The fourth-order valence-corrected chi connectivity index (χ4v) is 2.10. The standard InChI is InChI=1S/C16H14ClFO3/c1-20-16(19)14(13-7-2-3-8-15(13)18)10-21-12-6-4-5-11(17)9-12/h2-9,14H,10H2,1H3. The molecular weight excluding hydrogens is 295 g/mol. The fourth-order valence-electron chi connectivity index (χ4n) is 1.92. The van der Waals surface area contributed by atoms with Gasteiger partial charge in [0, 0.05) is 10.6 Å². The van der Waals surface area contributed by atoms with E-state index in [0.717, 1.165) is 0 Å². The quantitative estimate of drug-likeness (QED) is 0.788.